The lowest BCUT2D eigenvalue weighted by atomic mass is 9.76. The molecule has 0 atom stereocenters. The maximum atomic E-state index is 15.0. The van der Waals surface area contributed by atoms with Crippen LogP contribution in [0.2, 0.25) is 0 Å². The summed E-state index contributed by atoms with van der Waals surface area (Å²) >= 11 is 0. The molecule has 2 aromatic rings. The summed E-state index contributed by atoms with van der Waals surface area (Å²) in [7, 11) is 0. The Morgan fingerprint density at radius 1 is 0.800 bits per heavy atom. The molecule has 4 rings (SSSR count). The Hall–Kier alpha value is -2.10. The maximum Gasteiger partial charge on any atom is 0.159 e. The van der Waals surface area contributed by atoms with E-state index < -0.39 is 23.3 Å². The molecule has 30 heavy (non-hydrogen) atoms. The normalized spacial score (nSPS) is 21.3. The molecule has 0 unspecified atom stereocenters. The fourth-order valence-electron chi connectivity index (χ4n) is 5.10. The minimum Gasteiger partial charge on any atom is -0.206 e. The average molecular weight is 417 g/mol. The van der Waals surface area contributed by atoms with E-state index in [2.05, 4.69) is 6.92 Å². The van der Waals surface area contributed by atoms with Crippen LogP contribution >= 0.6 is 0 Å². The first kappa shape index (κ1) is 21.1. The molecule has 1 fully saturated rings. The number of unbranched alkanes of at least 4 members (excludes halogenated alkanes) is 1. The molecule has 2 aliphatic rings. The molecule has 0 radical (unpaired) electrons. The van der Waals surface area contributed by atoms with E-state index in [1.807, 2.05) is 0 Å². The fourth-order valence-corrected chi connectivity index (χ4v) is 5.10. The van der Waals surface area contributed by atoms with Gasteiger partial charge in [-0.15, -0.1) is 0 Å². The van der Waals surface area contributed by atoms with Gasteiger partial charge in [0.15, 0.2) is 11.6 Å². The van der Waals surface area contributed by atoms with Gasteiger partial charge in [-0.05, 0) is 96.9 Å². The quantitative estimate of drug-likeness (QED) is 0.435. The summed E-state index contributed by atoms with van der Waals surface area (Å²) in [4.78, 5) is 0. The first-order valence-corrected chi connectivity index (χ1v) is 11.1. The van der Waals surface area contributed by atoms with Gasteiger partial charge in [-0.2, -0.15) is 0 Å². The van der Waals surface area contributed by atoms with E-state index >= 15 is 0 Å². The Kier molecular flexibility index (Phi) is 6.31. The zero-order valence-electron chi connectivity index (χ0n) is 17.4. The van der Waals surface area contributed by atoms with Crippen molar-refractivity contribution in [1.29, 1.82) is 0 Å². The molecule has 0 aliphatic heterocycles. The van der Waals surface area contributed by atoms with Crippen LogP contribution in [-0.2, 0) is 12.8 Å². The smallest absolute Gasteiger partial charge is 0.159 e. The van der Waals surface area contributed by atoms with Gasteiger partial charge in [0.05, 0.1) is 0 Å². The van der Waals surface area contributed by atoms with Gasteiger partial charge in [-0.3, -0.25) is 0 Å². The van der Waals surface area contributed by atoms with Crippen LogP contribution in [0.15, 0.2) is 30.3 Å². The highest BCUT2D eigenvalue weighted by Gasteiger charge is 2.26. The minimum absolute atomic E-state index is 0.0363. The highest BCUT2D eigenvalue weighted by Crippen LogP contribution is 2.40. The van der Waals surface area contributed by atoms with Crippen molar-refractivity contribution in [2.24, 2.45) is 5.92 Å². The minimum atomic E-state index is -0.930. The van der Waals surface area contributed by atoms with Crippen LogP contribution in [0, 0.1) is 29.2 Å². The Bertz CT molecular complexity index is 929. The summed E-state index contributed by atoms with van der Waals surface area (Å²) in [6.45, 7) is 2.20. The van der Waals surface area contributed by atoms with E-state index in [0.717, 1.165) is 43.2 Å². The van der Waals surface area contributed by atoms with Crippen LogP contribution in [0.25, 0.3) is 5.57 Å². The van der Waals surface area contributed by atoms with Gasteiger partial charge in [0.25, 0.3) is 0 Å². The van der Waals surface area contributed by atoms with Gasteiger partial charge in [0.2, 0.25) is 0 Å². The third kappa shape index (κ3) is 4.33. The summed E-state index contributed by atoms with van der Waals surface area (Å²) in [5.74, 6) is -1.99. The maximum absolute atomic E-state index is 15.0. The van der Waals surface area contributed by atoms with Gasteiger partial charge in [-0.25, -0.2) is 17.6 Å². The lowest BCUT2D eigenvalue weighted by Gasteiger charge is -2.29. The molecule has 2 aromatic carbocycles. The van der Waals surface area contributed by atoms with E-state index in [-0.39, 0.29) is 17.9 Å². The summed E-state index contributed by atoms with van der Waals surface area (Å²) in [5, 5.41) is 0. The zero-order valence-corrected chi connectivity index (χ0v) is 17.4. The van der Waals surface area contributed by atoms with Crippen LogP contribution in [-0.4, -0.2) is 0 Å². The predicted octanol–water partition coefficient (Wildman–Crippen LogP) is 7.89. The van der Waals surface area contributed by atoms with Crippen molar-refractivity contribution in [3.05, 3.63) is 75.9 Å². The summed E-state index contributed by atoms with van der Waals surface area (Å²) in [6.07, 6.45) is 10.2. The number of benzene rings is 2. The number of rotatable bonds is 5. The standard InChI is InChI=1S/C26H28F4/c1-2-3-4-16-5-7-17(8-6-16)21-14-24(29)26(25(30)15-21)19-10-9-18-12-22(27)23(28)13-20(18)11-19/h10,12-17H,2-9,11H2,1H3. The molecule has 0 saturated heterocycles. The molecule has 1 saturated carbocycles. The highest BCUT2D eigenvalue weighted by atomic mass is 19.2. The molecule has 0 bridgehead atoms. The number of allylic oxidation sites excluding steroid dienone is 2. The van der Waals surface area contributed by atoms with Crippen LogP contribution < -0.4 is 0 Å². The largest absolute Gasteiger partial charge is 0.206 e. The van der Waals surface area contributed by atoms with Crippen molar-refractivity contribution >= 4 is 5.57 Å². The summed E-state index contributed by atoms with van der Waals surface area (Å²) in [5.41, 5.74) is 2.45. The molecule has 0 amide bonds. The Morgan fingerprint density at radius 3 is 2.07 bits per heavy atom. The molecular weight excluding hydrogens is 388 g/mol. The van der Waals surface area contributed by atoms with E-state index in [0.29, 0.717) is 23.1 Å². The van der Waals surface area contributed by atoms with Crippen LogP contribution in [0.3, 0.4) is 0 Å². The van der Waals surface area contributed by atoms with Gasteiger partial charge >= 0.3 is 0 Å². The number of hydrogen-bond acceptors (Lipinski definition) is 0. The van der Waals surface area contributed by atoms with Crippen molar-refractivity contribution in [1.82, 2.24) is 0 Å². The van der Waals surface area contributed by atoms with Crippen molar-refractivity contribution in [2.45, 2.75) is 70.6 Å². The van der Waals surface area contributed by atoms with Crippen LogP contribution in [0.1, 0.15) is 80.0 Å². The molecule has 4 heteroatoms. The third-order valence-corrected chi connectivity index (χ3v) is 6.86. The van der Waals surface area contributed by atoms with Gasteiger partial charge in [0.1, 0.15) is 11.6 Å². The molecule has 160 valence electrons. The molecule has 0 spiro atoms. The molecule has 0 heterocycles. The second-order valence-corrected chi connectivity index (χ2v) is 8.86. The van der Waals surface area contributed by atoms with Crippen LogP contribution in [0.5, 0.6) is 0 Å². The van der Waals surface area contributed by atoms with Crippen molar-refractivity contribution in [2.75, 3.05) is 0 Å². The highest BCUT2D eigenvalue weighted by molar-refractivity contribution is 5.71. The predicted molar refractivity (Wildman–Crippen MR) is 112 cm³/mol. The second kappa shape index (κ2) is 8.95. The van der Waals surface area contributed by atoms with E-state index in [1.54, 1.807) is 6.08 Å². The molecule has 2 aliphatic carbocycles. The number of fused-ring (bicyclic) bond motifs is 1. The van der Waals surface area contributed by atoms with Gasteiger partial charge in [0, 0.05) is 5.56 Å². The Morgan fingerprint density at radius 2 is 1.43 bits per heavy atom. The van der Waals surface area contributed by atoms with E-state index in [9.17, 15) is 17.6 Å². The summed E-state index contributed by atoms with van der Waals surface area (Å²) < 4.78 is 57.0. The van der Waals surface area contributed by atoms with E-state index in [1.165, 1.54) is 37.5 Å². The SMILES string of the molecule is CCCCC1CCC(c2cc(F)c(C3=CCc4cc(F)c(F)cc4C3)c(F)c2)CC1. The van der Waals surface area contributed by atoms with Crippen molar-refractivity contribution in [3.8, 4) is 0 Å². The van der Waals surface area contributed by atoms with Gasteiger partial charge < -0.3 is 0 Å². The van der Waals surface area contributed by atoms with Crippen molar-refractivity contribution in [3.63, 3.8) is 0 Å². The lowest BCUT2D eigenvalue weighted by Crippen LogP contribution is -2.14. The molecule has 0 nitrogen and oxygen atoms in total. The van der Waals surface area contributed by atoms with Crippen LogP contribution in [0.4, 0.5) is 17.6 Å². The molecule has 0 aromatic heterocycles. The Balaban J connectivity index is 1.51. The van der Waals surface area contributed by atoms with Gasteiger partial charge in [-0.1, -0.05) is 32.3 Å². The lowest BCUT2D eigenvalue weighted by molar-refractivity contribution is 0.303. The second-order valence-electron chi connectivity index (χ2n) is 8.86. The monoisotopic (exact) mass is 416 g/mol. The fraction of sp³-hybridized carbons (Fsp3) is 0.462. The molecule has 0 N–H and O–H groups in total. The third-order valence-electron chi connectivity index (χ3n) is 6.86. The first-order valence-electron chi connectivity index (χ1n) is 11.1. The Labute approximate surface area is 176 Å². The first-order chi connectivity index (χ1) is 14.5. The summed E-state index contributed by atoms with van der Waals surface area (Å²) in [6, 6.07) is 5.28. The van der Waals surface area contributed by atoms with E-state index in [4.69, 9.17) is 0 Å². The number of halogens is 4. The topological polar surface area (TPSA) is 0 Å². The zero-order chi connectivity index (χ0) is 21.3. The molecular formula is C26H28F4. The number of hydrogen-bond donors (Lipinski definition) is 0. The average Bonchev–Trinajstić information content (AvgIpc) is 2.73. The van der Waals surface area contributed by atoms with Crippen molar-refractivity contribution < 1.29 is 17.6 Å².